The van der Waals surface area contributed by atoms with E-state index in [2.05, 4.69) is 5.32 Å². The van der Waals surface area contributed by atoms with Crippen LogP contribution >= 0.6 is 0 Å². The predicted octanol–water partition coefficient (Wildman–Crippen LogP) is 3.59. The molecule has 0 unspecified atom stereocenters. The molecule has 0 aliphatic heterocycles. The smallest absolute Gasteiger partial charge is 0.336 e. The number of hydrogen-bond donors (Lipinski definition) is 1. The summed E-state index contributed by atoms with van der Waals surface area (Å²) in [5.74, 6) is -0.354. The Balaban J connectivity index is 1.80. The van der Waals surface area contributed by atoms with Crippen LogP contribution in [-0.4, -0.2) is 19.6 Å². The third-order valence-corrected chi connectivity index (χ3v) is 5.80. The number of nitrogens with zero attached hydrogens (tertiary/aromatic N) is 3. The summed E-state index contributed by atoms with van der Waals surface area (Å²) in [5, 5.41) is 3.59. The molecule has 1 N–H and O–H groups in total. The van der Waals surface area contributed by atoms with Crippen LogP contribution in [0.5, 0.6) is 0 Å². The normalized spacial score (nSPS) is 11.2. The molecule has 5 aromatic rings. The van der Waals surface area contributed by atoms with Gasteiger partial charge in [-0.2, -0.15) is 0 Å². The number of hydrogen-bond acceptors (Lipinski definition) is 3. The van der Waals surface area contributed by atoms with E-state index in [1.54, 1.807) is 48.0 Å². The number of carbonyl (C=O) groups excluding carboxylic acids is 1. The van der Waals surface area contributed by atoms with Crippen molar-refractivity contribution in [1.82, 2.24) is 13.7 Å². The Morgan fingerprint density at radius 2 is 1.55 bits per heavy atom. The molecular weight excluding hydrogens is 416 g/mol. The number of aromatic nitrogens is 3. The summed E-state index contributed by atoms with van der Waals surface area (Å²) in [6, 6.07) is 23.6. The van der Waals surface area contributed by atoms with Crippen LogP contribution in [0, 0.1) is 6.92 Å². The highest BCUT2D eigenvalue weighted by Crippen LogP contribution is 2.26. The van der Waals surface area contributed by atoms with E-state index < -0.39 is 11.2 Å². The van der Waals surface area contributed by atoms with Gasteiger partial charge in [0.05, 0.1) is 16.7 Å². The average molecular weight is 438 g/mol. The molecule has 164 valence electrons. The van der Waals surface area contributed by atoms with Gasteiger partial charge >= 0.3 is 5.69 Å². The summed E-state index contributed by atoms with van der Waals surface area (Å²) in [6.07, 6.45) is 0. The number of amides is 1. The second kappa shape index (κ2) is 7.94. The fraction of sp³-hybridized carbons (Fsp3) is 0.115. The number of para-hydroxylation sites is 2. The van der Waals surface area contributed by atoms with Gasteiger partial charge in [0.1, 0.15) is 12.1 Å². The number of anilines is 1. The number of fused-ring (bicyclic) bond motifs is 3. The molecule has 5 rings (SSSR count). The Morgan fingerprint density at radius 3 is 2.24 bits per heavy atom. The van der Waals surface area contributed by atoms with Crippen molar-refractivity contribution in [2.45, 2.75) is 13.5 Å². The van der Waals surface area contributed by atoms with Crippen molar-refractivity contribution in [2.24, 2.45) is 7.05 Å². The first kappa shape index (κ1) is 20.5. The van der Waals surface area contributed by atoms with Crippen molar-refractivity contribution in [3.63, 3.8) is 0 Å². The van der Waals surface area contributed by atoms with Crippen LogP contribution in [-0.2, 0) is 18.4 Å². The van der Waals surface area contributed by atoms with Gasteiger partial charge in [0.15, 0.2) is 0 Å². The molecule has 7 nitrogen and oxygen atoms in total. The van der Waals surface area contributed by atoms with Crippen LogP contribution < -0.4 is 16.6 Å². The quantitative estimate of drug-likeness (QED) is 0.466. The first-order chi connectivity index (χ1) is 16.0. The molecule has 0 saturated carbocycles. The lowest BCUT2D eigenvalue weighted by atomic mass is 10.1. The molecule has 2 heterocycles. The zero-order valence-electron chi connectivity index (χ0n) is 18.3. The minimum absolute atomic E-state index is 0.232. The van der Waals surface area contributed by atoms with Crippen LogP contribution in [0.25, 0.3) is 27.6 Å². The lowest BCUT2D eigenvalue weighted by Gasteiger charge is -2.13. The maximum Gasteiger partial charge on any atom is 0.336 e. The first-order valence-electron chi connectivity index (χ1n) is 10.6. The molecule has 0 aliphatic rings. The van der Waals surface area contributed by atoms with E-state index in [9.17, 15) is 14.4 Å². The lowest BCUT2D eigenvalue weighted by Crippen LogP contribution is -2.41. The number of aryl methyl sites for hydroxylation is 2. The predicted molar refractivity (Wildman–Crippen MR) is 130 cm³/mol. The van der Waals surface area contributed by atoms with Gasteiger partial charge in [0.2, 0.25) is 5.91 Å². The fourth-order valence-electron chi connectivity index (χ4n) is 4.28. The molecule has 0 aliphatic carbocycles. The van der Waals surface area contributed by atoms with E-state index in [1.165, 1.54) is 4.57 Å². The van der Waals surface area contributed by atoms with E-state index in [-0.39, 0.29) is 12.5 Å². The summed E-state index contributed by atoms with van der Waals surface area (Å²) in [7, 11) is 1.80. The van der Waals surface area contributed by atoms with E-state index >= 15 is 0 Å². The van der Waals surface area contributed by atoms with Gasteiger partial charge in [-0.05, 0) is 43.3 Å². The zero-order valence-corrected chi connectivity index (χ0v) is 18.3. The summed E-state index contributed by atoms with van der Waals surface area (Å²) in [5.41, 5.74) is 2.75. The van der Waals surface area contributed by atoms with Gasteiger partial charge in [0, 0.05) is 18.1 Å². The van der Waals surface area contributed by atoms with Gasteiger partial charge in [-0.1, -0.05) is 48.0 Å². The first-order valence-corrected chi connectivity index (χ1v) is 10.6. The monoisotopic (exact) mass is 438 g/mol. The highest BCUT2D eigenvalue weighted by Gasteiger charge is 2.22. The number of nitrogens with one attached hydrogen (secondary N) is 1. The molecule has 0 radical (unpaired) electrons. The minimum atomic E-state index is -0.559. The van der Waals surface area contributed by atoms with Crippen molar-refractivity contribution in [3.8, 4) is 5.69 Å². The topological polar surface area (TPSA) is 78.0 Å². The Labute approximate surface area is 189 Å². The summed E-state index contributed by atoms with van der Waals surface area (Å²) < 4.78 is 4.31. The van der Waals surface area contributed by atoms with Gasteiger partial charge in [-0.25, -0.2) is 9.36 Å². The Hall–Kier alpha value is -4.39. The van der Waals surface area contributed by atoms with Gasteiger partial charge in [-0.3, -0.25) is 14.2 Å². The fourth-order valence-corrected chi connectivity index (χ4v) is 4.28. The number of carbonyl (C=O) groups is 1. The molecule has 0 fully saturated rings. The third-order valence-electron chi connectivity index (χ3n) is 5.80. The lowest BCUT2D eigenvalue weighted by molar-refractivity contribution is -0.116. The molecule has 0 bridgehead atoms. The molecule has 3 aromatic carbocycles. The average Bonchev–Trinajstić information content (AvgIpc) is 3.10. The number of benzene rings is 3. The highest BCUT2D eigenvalue weighted by molar-refractivity contribution is 6.06. The second-order valence-electron chi connectivity index (χ2n) is 8.04. The molecule has 7 heteroatoms. The molecule has 0 atom stereocenters. The Morgan fingerprint density at radius 1 is 0.879 bits per heavy atom. The maximum absolute atomic E-state index is 13.7. The SMILES string of the molecule is Cc1ccc2c(c1)c1c(c(=O)n(-c3ccccc3)c(=O)n1CC(=O)Nc1ccccc1)n2C. The third kappa shape index (κ3) is 3.43. The maximum atomic E-state index is 13.7. The summed E-state index contributed by atoms with van der Waals surface area (Å²) in [4.78, 5) is 40.2. The van der Waals surface area contributed by atoms with Crippen molar-refractivity contribution in [2.75, 3.05) is 5.32 Å². The Kier molecular flexibility index (Phi) is 4.94. The summed E-state index contributed by atoms with van der Waals surface area (Å²) in [6.45, 7) is 1.72. The van der Waals surface area contributed by atoms with Crippen molar-refractivity contribution in [1.29, 1.82) is 0 Å². The van der Waals surface area contributed by atoms with Crippen LogP contribution in [0.2, 0.25) is 0 Å². The van der Waals surface area contributed by atoms with Crippen molar-refractivity contribution >= 4 is 33.5 Å². The van der Waals surface area contributed by atoms with Crippen molar-refractivity contribution < 1.29 is 4.79 Å². The number of rotatable bonds is 4. The largest absolute Gasteiger partial charge is 0.338 e. The molecule has 33 heavy (non-hydrogen) atoms. The molecule has 0 saturated heterocycles. The van der Waals surface area contributed by atoms with Crippen LogP contribution in [0.15, 0.2) is 88.5 Å². The molecular formula is C26H22N4O3. The van der Waals surface area contributed by atoms with Gasteiger partial charge in [-0.15, -0.1) is 0 Å². The van der Waals surface area contributed by atoms with Gasteiger partial charge in [0.25, 0.3) is 5.56 Å². The second-order valence-corrected chi connectivity index (χ2v) is 8.04. The van der Waals surface area contributed by atoms with Crippen molar-refractivity contribution in [3.05, 3.63) is 105 Å². The standard InChI is InChI=1S/C26H22N4O3/c1-17-13-14-21-20(15-17)23-24(28(21)2)25(32)30(19-11-7-4-8-12-19)26(33)29(23)16-22(31)27-18-9-5-3-6-10-18/h3-15H,16H2,1-2H3,(H,27,31). The van der Waals surface area contributed by atoms with Gasteiger partial charge < -0.3 is 9.88 Å². The van der Waals surface area contributed by atoms with Crippen LogP contribution in [0.3, 0.4) is 0 Å². The highest BCUT2D eigenvalue weighted by atomic mass is 16.2. The molecule has 2 aromatic heterocycles. The van der Waals surface area contributed by atoms with Crippen LogP contribution in [0.1, 0.15) is 5.56 Å². The van der Waals surface area contributed by atoms with Crippen LogP contribution in [0.4, 0.5) is 5.69 Å². The zero-order chi connectivity index (χ0) is 23.1. The molecule has 0 spiro atoms. The van der Waals surface area contributed by atoms with E-state index in [0.717, 1.165) is 21.0 Å². The van der Waals surface area contributed by atoms with E-state index in [1.807, 2.05) is 49.4 Å². The van der Waals surface area contributed by atoms with E-state index in [0.29, 0.717) is 22.4 Å². The molecule has 1 amide bonds. The Bertz CT molecular complexity index is 1630. The minimum Gasteiger partial charge on any atom is -0.338 e. The summed E-state index contributed by atoms with van der Waals surface area (Å²) >= 11 is 0. The van der Waals surface area contributed by atoms with E-state index in [4.69, 9.17) is 0 Å².